The van der Waals surface area contributed by atoms with Crippen LogP contribution in [0.4, 0.5) is 5.69 Å². The number of benzene rings is 1. The molecule has 2 rings (SSSR count). The number of imide groups is 1. The SMILES string of the molecule is CCc1ccc(NC2=CC(=O)N(CCO)C2=O)c(O)c1. The number of hydrogen-bond acceptors (Lipinski definition) is 5. The molecule has 0 aromatic heterocycles. The van der Waals surface area contributed by atoms with Gasteiger partial charge in [0.25, 0.3) is 11.8 Å². The first kappa shape index (κ1) is 14.1. The third-order valence-electron chi connectivity index (χ3n) is 3.07. The van der Waals surface area contributed by atoms with Gasteiger partial charge in [0.05, 0.1) is 18.8 Å². The lowest BCUT2D eigenvalue weighted by Crippen LogP contribution is -2.34. The maximum atomic E-state index is 11.9. The number of nitrogens with one attached hydrogen (secondary N) is 1. The van der Waals surface area contributed by atoms with Gasteiger partial charge in [0.1, 0.15) is 11.4 Å². The van der Waals surface area contributed by atoms with Gasteiger partial charge in [-0.3, -0.25) is 14.5 Å². The number of aryl methyl sites for hydroxylation is 1. The molecule has 1 aromatic carbocycles. The first-order valence-corrected chi connectivity index (χ1v) is 6.34. The number of amides is 2. The van der Waals surface area contributed by atoms with E-state index in [2.05, 4.69) is 5.32 Å². The second-order valence-electron chi connectivity index (χ2n) is 4.41. The number of rotatable bonds is 5. The van der Waals surface area contributed by atoms with Crippen LogP contribution in [0, 0.1) is 0 Å². The van der Waals surface area contributed by atoms with Crippen molar-refractivity contribution in [2.75, 3.05) is 18.5 Å². The van der Waals surface area contributed by atoms with E-state index in [1.165, 1.54) is 0 Å². The molecule has 20 heavy (non-hydrogen) atoms. The number of anilines is 1. The summed E-state index contributed by atoms with van der Waals surface area (Å²) in [5, 5.41) is 21.4. The summed E-state index contributed by atoms with van der Waals surface area (Å²) < 4.78 is 0. The minimum atomic E-state index is -0.511. The molecular weight excluding hydrogens is 260 g/mol. The molecule has 6 heteroatoms. The molecule has 1 aliphatic heterocycles. The van der Waals surface area contributed by atoms with Gasteiger partial charge >= 0.3 is 0 Å². The maximum Gasteiger partial charge on any atom is 0.277 e. The Labute approximate surface area is 116 Å². The zero-order chi connectivity index (χ0) is 14.7. The van der Waals surface area contributed by atoms with Crippen molar-refractivity contribution in [3.05, 3.63) is 35.5 Å². The highest BCUT2D eigenvalue weighted by molar-refractivity contribution is 6.17. The van der Waals surface area contributed by atoms with Crippen molar-refractivity contribution in [3.63, 3.8) is 0 Å². The summed E-state index contributed by atoms with van der Waals surface area (Å²) in [6.45, 7) is 1.64. The van der Waals surface area contributed by atoms with E-state index in [0.29, 0.717) is 5.69 Å². The number of phenols is 1. The molecular formula is C14H16N2O4. The summed E-state index contributed by atoms with van der Waals surface area (Å²) in [4.78, 5) is 24.4. The Kier molecular flexibility index (Phi) is 4.05. The fourth-order valence-electron chi connectivity index (χ4n) is 1.96. The second kappa shape index (κ2) is 5.75. The van der Waals surface area contributed by atoms with Crippen LogP contribution in [0.2, 0.25) is 0 Å². The van der Waals surface area contributed by atoms with Crippen molar-refractivity contribution >= 4 is 17.5 Å². The highest BCUT2D eigenvalue weighted by Gasteiger charge is 2.30. The number of aromatic hydroxyl groups is 1. The number of hydrogen-bond donors (Lipinski definition) is 3. The summed E-state index contributed by atoms with van der Waals surface area (Å²) >= 11 is 0. The number of aliphatic hydroxyl groups is 1. The molecule has 0 spiro atoms. The van der Waals surface area contributed by atoms with Crippen molar-refractivity contribution in [1.29, 1.82) is 0 Å². The van der Waals surface area contributed by atoms with Gasteiger partial charge in [0, 0.05) is 6.08 Å². The molecule has 0 bridgehead atoms. The zero-order valence-electron chi connectivity index (χ0n) is 11.1. The van der Waals surface area contributed by atoms with Crippen molar-refractivity contribution in [2.24, 2.45) is 0 Å². The lowest BCUT2D eigenvalue weighted by molar-refractivity contribution is -0.137. The Balaban J connectivity index is 2.17. The van der Waals surface area contributed by atoms with Gasteiger partial charge in [-0.15, -0.1) is 0 Å². The van der Waals surface area contributed by atoms with E-state index in [1.807, 2.05) is 13.0 Å². The van der Waals surface area contributed by atoms with E-state index < -0.39 is 11.8 Å². The molecule has 0 aliphatic carbocycles. The lowest BCUT2D eigenvalue weighted by Gasteiger charge is -2.14. The van der Waals surface area contributed by atoms with Gasteiger partial charge < -0.3 is 15.5 Å². The predicted molar refractivity (Wildman–Crippen MR) is 73.0 cm³/mol. The van der Waals surface area contributed by atoms with Crippen LogP contribution in [0.15, 0.2) is 30.0 Å². The number of β-amino-alcohol motifs (C(OH)–C–C–N with tert-alkyl or cyclic N) is 1. The Morgan fingerprint density at radius 3 is 2.65 bits per heavy atom. The molecule has 0 unspecified atom stereocenters. The molecule has 3 N–H and O–H groups in total. The standard InChI is InChI=1S/C14H16N2O4/c1-2-9-3-4-10(12(18)7-9)15-11-8-13(19)16(5-6-17)14(11)20/h3-4,7-8,15,17-18H,2,5-6H2,1H3. The van der Waals surface area contributed by atoms with E-state index in [9.17, 15) is 14.7 Å². The number of phenolic OH excluding ortho intramolecular Hbond substituents is 1. The van der Waals surface area contributed by atoms with Gasteiger partial charge in [-0.1, -0.05) is 13.0 Å². The first-order chi connectivity index (χ1) is 9.56. The summed E-state index contributed by atoms with van der Waals surface area (Å²) in [6, 6.07) is 5.09. The normalized spacial score (nSPS) is 14.7. The highest BCUT2D eigenvalue weighted by atomic mass is 16.3. The van der Waals surface area contributed by atoms with Crippen LogP contribution in [0.5, 0.6) is 5.75 Å². The first-order valence-electron chi connectivity index (χ1n) is 6.34. The average molecular weight is 276 g/mol. The van der Waals surface area contributed by atoms with E-state index in [-0.39, 0.29) is 24.6 Å². The molecule has 1 aliphatic rings. The fraction of sp³-hybridized carbons (Fsp3) is 0.286. The Morgan fingerprint density at radius 2 is 2.05 bits per heavy atom. The monoisotopic (exact) mass is 276 g/mol. The number of aliphatic hydroxyl groups excluding tert-OH is 1. The summed E-state index contributed by atoms with van der Waals surface area (Å²) in [5.41, 5.74) is 1.42. The van der Waals surface area contributed by atoms with Crippen LogP contribution in [0.25, 0.3) is 0 Å². The zero-order valence-corrected chi connectivity index (χ0v) is 11.1. The third kappa shape index (κ3) is 2.65. The quantitative estimate of drug-likeness (QED) is 0.541. The topological polar surface area (TPSA) is 89.9 Å². The number of nitrogens with zero attached hydrogens (tertiary/aromatic N) is 1. The van der Waals surface area contributed by atoms with E-state index >= 15 is 0 Å². The highest BCUT2D eigenvalue weighted by Crippen LogP contribution is 2.27. The summed E-state index contributed by atoms with van der Waals surface area (Å²) in [5.74, 6) is -0.967. The molecule has 0 saturated carbocycles. The van der Waals surface area contributed by atoms with Crippen LogP contribution in [-0.4, -0.2) is 40.1 Å². The van der Waals surface area contributed by atoms with Crippen molar-refractivity contribution in [1.82, 2.24) is 4.90 Å². The summed E-state index contributed by atoms with van der Waals surface area (Å²) in [6.07, 6.45) is 1.95. The molecule has 0 fully saturated rings. The number of carbonyl (C=O) groups excluding carboxylic acids is 2. The van der Waals surface area contributed by atoms with Crippen molar-refractivity contribution in [2.45, 2.75) is 13.3 Å². The smallest absolute Gasteiger partial charge is 0.277 e. The average Bonchev–Trinajstić information content (AvgIpc) is 2.69. The Morgan fingerprint density at radius 1 is 1.30 bits per heavy atom. The maximum absolute atomic E-state index is 11.9. The Hall–Kier alpha value is -2.34. The van der Waals surface area contributed by atoms with Crippen molar-refractivity contribution in [3.8, 4) is 5.75 Å². The van der Waals surface area contributed by atoms with Gasteiger partial charge in [0.2, 0.25) is 0 Å². The van der Waals surface area contributed by atoms with Gasteiger partial charge in [-0.2, -0.15) is 0 Å². The Bertz CT molecular complexity index is 581. The fourth-order valence-corrected chi connectivity index (χ4v) is 1.96. The molecule has 6 nitrogen and oxygen atoms in total. The number of carbonyl (C=O) groups is 2. The molecule has 2 amide bonds. The molecule has 0 atom stereocenters. The lowest BCUT2D eigenvalue weighted by atomic mass is 10.1. The van der Waals surface area contributed by atoms with Crippen molar-refractivity contribution < 1.29 is 19.8 Å². The van der Waals surface area contributed by atoms with E-state index in [4.69, 9.17) is 5.11 Å². The molecule has 0 radical (unpaired) electrons. The minimum absolute atomic E-state index is 0.0195. The van der Waals surface area contributed by atoms with Crippen LogP contribution in [-0.2, 0) is 16.0 Å². The van der Waals surface area contributed by atoms with E-state index in [1.54, 1.807) is 12.1 Å². The minimum Gasteiger partial charge on any atom is -0.506 e. The van der Waals surface area contributed by atoms with Crippen LogP contribution in [0.3, 0.4) is 0 Å². The third-order valence-corrected chi connectivity index (χ3v) is 3.07. The largest absolute Gasteiger partial charge is 0.506 e. The van der Waals surface area contributed by atoms with Gasteiger partial charge in [-0.05, 0) is 24.1 Å². The molecule has 0 saturated heterocycles. The molecule has 1 heterocycles. The van der Waals surface area contributed by atoms with Gasteiger partial charge in [0.15, 0.2) is 0 Å². The predicted octanol–water partition coefficient (Wildman–Crippen LogP) is 0.611. The van der Waals surface area contributed by atoms with E-state index in [0.717, 1.165) is 23.0 Å². The summed E-state index contributed by atoms with van der Waals surface area (Å²) in [7, 11) is 0. The molecule has 1 aromatic rings. The van der Waals surface area contributed by atoms with Gasteiger partial charge in [-0.25, -0.2) is 0 Å². The molecule has 106 valence electrons. The van der Waals surface area contributed by atoms with Crippen LogP contribution < -0.4 is 5.32 Å². The van der Waals surface area contributed by atoms with Crippen LogP contribution in [0.1, 0.15) is 12.5 Å². The second-order valence-corrected chi connectivity index (χ2v) is 4.41. The van der Waals surface area contributed by atoms with Crippen LogP contribution >= 0.6 is 0 Å².